The van der Waals surface area contributed by atoms with Crippen molar-refractivity contribution >= 4 is 0 Å². The molecule has 0 aromatic heterocycles. The molecule has 0 aromatic carbocycles. The molecule has 0 aliphatic heterocycles. The number of nitrogens with zero attached hydrogens (tertiary/aromatic N) is 2. The van der Waals surface area contributed by atoms with Crippen LogP contribution >= 0.6 is 0 Å². The van der Waals surface area contributed by atoms with Gasteiger partial charge in [0.1, 0.15) is 0 Å². The van der Waals surface area contributed by atoms with Crippen LogP contribution in [0.25, 0.3) is 0 Å². The minimum atomic E-state index is -1.75. The number of hydrogen-bond acceptors (Lipinski definition) is 6. The summed E-state index contributed by atoms with van der Waals surface area (Å²) in [5, 5.41) is 29.5. The molecule has 0 spiro atoms. The maximum Gasteiger partial charge on any atom is 2.00 e. The minimum absolute atomic E-state index is 0. The molecule has 48 valence electrons. The van der Waals surface area contributed by atoms with E-state index in [1.54, 1.807) is 0 Å². The van der Waals surface area contributed by atoms with Gasteiger partial charge < -0.3 is 30.6 Å². The van der Waals surface area contributed by atoms with Crippen LogP contribution in [0.15, 0.2) is 0 Å². The molecule has 0 aliphatic carbocycles. The van der Waals surface area contributed by atoms with Gasteiger partial charge in [0.25, 0.3) is 0 Å². The van der Waals surface area contributed by atoms with Crippen LogP contribution in [0.4, 0.5) is 0 Å². The molecular formula is CdN2O6Zn+2. The fraction of sp³-hybridized carbons (Fsp3) is 0. The summed E-state index contributed by atoms with van der Waals surface area (Å²) in [6.45, 7) is 0. The molecule has 10 heteroatoms. The summed E-state index contributed by atoms with van der Waals surface area (Å²) in [4.78, 5) is 16.5. The molecule has 10 heavy (non-hydrogen) atoms. The molecule has 0 radical (unpaired) electrons. The predicted octanol–water partition coefficient (Wildman–Crippen LogP) is -0.483. The smallest absolute Gasteiger partial charge is 0.356 e. The fourth-order valence-electron chi connectivity index (χ4n) is 0. The molecule has 0 bridgehead atoms. The largest absolute Gasteiger partial charge is 2.00 e. The van der Waals surface area contributed by atoms with Crippen LogP contribution in [-0.2, 0) is 46.8 Å². The van der Waals surface area contributed by atoms with Gasteiger partial charge in [-0.2, -0.15) is 0 Å². The topological polar surface area (TPSA) is 132 Å². The summed E-state index contributed by atoms with van der Waals surface area (Å²) in [7, 11) is 0. The minimum Gasteiger partial charge on any atom is -0.356 e. The fourth-order valence-corrected chi connectivity index (χ4v) is 0. The van der Waals surface area contributed by atoms with E-state index in [9.17, 15) is 0 Å². The van der Waals surface area contributed by atoms with Crippen LogP contribution in [0.3, 0.4) is 0 Å². The standard InChI is InChI=1S/Cd.2NO3.Zn/c;2*2-1(3)4;/q+2;2*-1;+2. The van der Waals surface area contributed by atoms with Crippen molar-refractivity contribution in [1.29, 1.82) is 0 Å². The third kappa shape index (κ3) is 129000. The molecule has 0 rings (SSSR count). The zero-order valence-electron chi connectivity index (χ0n) is 4.76. The van der Waals surface area contributed by atoms with E-state index in [4.69, 9.17) is 30.6 Å². The summed E-state index contributed by atoms with van der Waals surface area (Å²) >= 11 is 0. The van der Waals surface area contributed by atoms with E-state index in [1.165, 1.54) is 0 Å². The van der Waals surface area contributed by atoms with Gasteiger partial charge >= 0.3 is 46.8 Å². The SMILES string of the molecule is O=[N+]([O-])[O-].O=[N+]([O-])[O-].[Cd+2].[Zn+2]. The van der Waals surface area contributed by atoms with E-state index >= 15 is 0 Å². The van der Waals surface area contributed by atoms with Gasteiger partial charge in [-0.15, -0.1) is 0 Å². The zero-order valence-corrected chi connectivity index (χ0v) is 11.8. The average Bonchev–Trinajstić information content (AvgIpc) is 1.25. The average molecular weight is 302 g/mol. The van der Waals surface area contributed by atoms with Gasteiger partial charge in [-0.1, -0.05) is 0 Å². The van der Waals surface area contributed by atoms with Crippen LogP contribution in [0.2, 0.25) is 0 Å². The summed E-state index contributed by atoms with van der Waals surface area (Å²) in [6.07, 6.45) is 0. The van der Waals surface area contributed by atoms with E-state index in [0.717, 1.165) is 0 Å². The Morgan fingerprint density at radius 3 is 0.800 bits per heavy atom. The molecule has 0 fully saturated rings. The molecule has 0 amide bonds. The van der Waals surface area contributed by atoms with E-state index in [1.807, 2.05) is 0 Å². The normalized spacial score (nSPS) is 4.80. The summed E-state index contributed by atoms with van der Waals surface area (Å²) < 4.78 is 0. The van der Waals surface area contributed by atoms with Gasteiger partial charge in [-0.3, -0.25) is 0 Å². The van der Waals surface area contributed by atoms with Crippen molar-refractivity contribution in [3.05, 3.63) is 30.6 Å². The van der Waals surface area contributed by atoms with Crippen molar-refractivity contribution < 1.29 is 56.9 Å². The first-order chi connectivity index (χ1) is 3.46. The molecule has 0 N–H and O–H groups in total. The van der Waals surface area contributed by atoms with Crippen LogP contribution in [0.5, 0.6) is 0 Å². The molecule has 0 atom stereocenters. The van der Waals surface area contributed by atoms with Crippen molar-refractivity contribution in [2.45, 2.75) is 0 Å². The second kappa shape index (κ2) is 16.0. The van der Waals surface area contributed by atoms with E-state index in [2.05, 4.69) is 0 Å². The second-order valence-electron chi connectivity index (χ2n) is 0.447. The molecule has 0 aliphatic rings. The van der Waals surface area contributed by atoms with Gasteiger partial charge in [-0.25, -0.2) is 0 Å². The molecule has 0 saturated carbocycles. The van der Waals surface area contributed by atoms with Crippen molar-refractivity contribution in [3.8, 4) is 0 Å². The summed E-state index contributed by atoms with van der Waals surface area (Å²) in [5.74, 6) is 0. The molecule has 0 unspecified atom stereocenters. The molecular weight excluding hydrogens is 302 g/mol. The van der Waals surface area contributed by atoms with Crippen molar-refractivity contribution in [3.63, 3.8) is 0 Å². The van der Waals surface area contributed by atoms with Crippen molar-refractivity contribution in [2.24, 2.45) is 0 Å². The first-order valence-electron chi connectivity index (χ1n) is 1.10. The Kier molecular flexibility index (Phi) is 36.0. The first-order valence-corrected chi connectivity index (χ1v) is 1.10. The third-order valence-corrected chi connectivity index (χ3v) is 0. The molecule has 0 aromatic rings. The van der Waals surface area contributed by atoms with E-state index in [-0.39, 0.29) is 46.8 Å². The number of rotatable bonds is 0. The second-order valence-corrected chi connectivity index (χ2v) is 0.447. The van der Waals surface area contributed by atoms with E-state index < -0.39 is 10.2 Å². The molecule has 0 heterocycles. The number of hydrogen-bond donors (Lipinski definition) is 0. The molecule has 8 nitrogen and oxygen atoms in total. The first kappa shape index (κ1) is 22.5. The van der Waals surface area contributed by atoms with Crippen LogP contribution in [0, 0.1) is 30.6 Å². The van der Waals surface area contributed by atoms with Gasteiger partial charge in [0.15, 0.2) is 0 Å². The van der Waals surface area contributed by atoms with Crippen LogP contribution in [-0.4, -0.2) is 10.2 Å². The van der Waals surface area contributed by atoms with Gasteiger partial charge in [0, 0.05) is 0 Å². The van der Waals surface area contributed by atoms with Gasteiger partial charge in [0.2, 0.25) is 0 Å². The monoisotopic (exact) mass is 302 g/mol. The third-order valence-electron chi connectivity index (χ3n) is 0. The van der Waals surface area contributed by atoms with Gasteiger partial charge in [-0.05, 0) is 0 Å². The maximum absolute atomic E-state index is 8.25. The van der Waals surface area contributed by atoms with Crippen molar-refractivity contribution in [1.82, 2.24) is 0 Å². The van der Waals surface area contributed by atoms with E-state index in [0.29, 0.717) is 0 Å². The summed E-state index contributed by atoms with van der Waals surface area (Å²) in [6, 6.07) is 0. The Labute approximate surface area is 87.3 Å². The van der Waals surface area contributed by atoms with Crippen LogP contribution in [0.1, 0.15) is 0 Å². The maximum atomic E-state index is 8.25. The Hall–Kier alpha value is -0.0545. The van der Waals surface area contributed by atoms with Gasteiger partial charge in [0.05, 0.1) is 10.2 Å². The van der Waals surface area contributed by atoms with Crippen molar-refractivity contribution in [2.75, 3.05) is 0 Å². The predicted molar refractivity (Wildman–Crippen MR) is 20.7 cm³/mol. The quantitative estimate of drug-likeness (QED) is 0.337. The Morgan fingerprint density at radius 2 is 0.800 bits per heavy atom. The Balaban J connectivity index is -0.0000000300. The Bertz CT molecular complexity index is 73.7. The zero-order chi connectivity index (χ0) is 7.15. The Morgan fingerprint density at radius 1 is 0.800 bits per heavy atom. The molecule has 0 saturated heterocycles. The summed E-state index contributed by atoms with van der Waals surface area (Å²) in [5.41, 5.74) is 0. The van der Waals surface area contributed by atoms with Crippen LogP contribution < -0.4 is 0 Å².